The summed E-state index contributed by atoms with van der Waals surface area (Å²) in [5, 5.41) is 0. The van der Waals surface area contributed by atoms with Crippen molar-refractivity contribution in [2.45, 2.75) is 57.0 Å². The molecule has 0 spiro atoms. The Morgan fingerprint density at radius 2 is 1.78 bits per heavy atom. The van der Waals surface area contributed by atoms with E-state index < -0.39 is 10.1 Å². The molecule has 2 aliphatic carbocycles. The zero-order chi connectivity index (χ0) is 16.6. The summed E-state index contributed by atoms with van der Waals surface area (Å²) < 4.78 is 30.8. The monoisotopic (exact) mass is 336 g/mol. The lowest BCUT2D eigenvalue weighted by Crippen LogP contribution is -2.33. The van der Waals surface area contributed by atoms with Crippen molar-refractivity contribution >= 4 is 15.9 Å². The number of rotatable bonds is 3. The van der Waals surface area contributed by atoms with Gasteiger partial charge in [0, 0.05) is 12.3 Å². The van der Waals surface area contributed by atoms with E-state index in [0.717, 1.165) is 18.4 Å². The first-order chi connectivity index (χ1) is 10.9. The SMILES string of the molecule is Cc1ccc(S(=O)(=O)O[C@@H]2CCCC(=O)[C@@H]3CC[C@@H](C)[C@@H]23)cc1. The Hall–Kier alpha value is -1.20. The maximum Gasteiger partial charge on any atom is 0.297 e. The van der Waals surface area contributed by atoms with Gasteiger partial charge in [0.05, 0.1) is 11.0 Å². The summed E-state index contributed by atoms with van der Waals surface area (Å²) in [7, 11) is -3.78. The fourth-order valence-electron chi connectivity index (χ4n) is 4.12. The second-order valence-electron chi connectivity index (χ2n) is 7.00. The third-order valence-corrected chi connectivity index (χ3v) is 6.72. The highest BCUT2D eigenvalue weighted by molar-refractivity contribution is 7.86. The molecule has 126 valence electrons. The van der Waals surface area contributed by atoms with Gasteiger partial charge in [-0.1, -0.05) is 24.6 Å². The summed E-state index contributed by atoms with van der Waals surface area (Å²) in [5.74, 6) is 0.634. The summed E-state index contributed by atoms with van der Waals surface area (Å²) in [6.07, 6.45) is 3.38. The van der Waals surface area contributed by atoms with Gasteiger partial charge >= 0.3 is 0 Å². The number of benzene rings is 1. The second-order valence-corrected chi connectivity index (χ2v) is 8.57. The first-order valence-electron chi connectivity index (χ1n) is 8.41. The molecule has 2 aliphatic rings. The van der Waals surface area contributed by atoms with Gasteiger partial charge in [-0.15, -0.1) is 0 Å². The van der Waals surface area contributed by atoms with Gasteiger partial charge in [-0.3, -0.25) is 8.98 Å². The Balaban J connectivity index is 1.85. The lowest BCUT2D eigenvalue weighted by molar-refractivity contribution is -0.124. The van der Waals surface area contributed by atoms with Crippen LogP contribution in [0.5, 0.6) is 0 Å². The quantitative estimate of drug-likeness (QED) is 0.793. The Morgan fingerprint density at radius 1 is 1.09 bits per heavy atom. The molecule has 5 heteroatoms. The first-order valence-corrected chi connectivity index (χ1v) is 9.82. The van der Waals surface area contributed by atoms with Crippen LogP contribution in [0.2, 0.25) is 0 Å². The number of carbonyl (C=O) groups excluding carboxylic acids is 1. The third-order valence-electron chi connectivity index (χ3n) is 5.37. The fraction of sp³-hybridized carbons (Fsp3) is 0.611. The molecule has 2 saturated carbocycles. The minimum Gasteiger partial charge on any atom is -0.299 e. The van der Waals surface area contributed by atoms with Crippen molar-refractivity contribution in [3.8, 4) is 0 Å². The molecule has 1 aromatic rings. The number of Topliss-reactive ketones (excluding diaryl/α,β-unsaturated/α-hetero) is 1. The van der Waals surface area contributed by atoms with Crippen LogP contribution in [0.1, 0.15) is 44.6 Å². The predicted octanol–water partition coefficient (Wildman–Crippen LogP) is 3.48. The minimum atomic E-state index is -3.78. The predicted molar refractivity (Wildman–Crippen MR) is 87.5 cm³/mol. The Bertz CT molecular complexity index is 677. The first kappa shape index (κ1) is 16.7. The van der Waals surface area contributed by atoms with Crippen LogP contribution in [0.15, 0.2) is 29.2 Å². The Labute approximate surface area is 138 Å². The molecule has 0 bridgehead atoms. The van der Waals surface area contributed by atoms with Crippen molar-refractivity contribution in [3.05, 3.63) is 29.8 Å². The van der Waals surface area contributed by atoms with E-state index in [2.05, 4.69) is 6.92 Å². The molecule has 4 nitrogen and oxygen atoms in total. The van der Waals surface area contributed by atoms with Crippen molar-refractivity contribution in [1.29, 1.82) is 0 Å². The summed E-state index contributed by atoms with van der Waals surface area (Å²) >= 11 is 0. The molecule has 23 heavy (non-hydrogen) atoms. The number of aryl methyl sites for hydroxylation is 1. The van der Waals surface area contributed by atoms with Gasteiger partial charge in [-0.05, 0) is 56.6 Å². The van der Waals surface area contributed by atoms with E-state index in [1.54, 1.807) is 24.3 Å². The Morgan fingerprint density at radius 3 is 2.48 bits per heavy atom. The number of hydrogen-bond donors (Lipinski definition) is 0. The molecule has 0 aromatic heterocycles. The third kappa shape index (κ3) is 3.36. The number of fused-ring (bicyclic) bond motifs is 1. The zero-order valence-corrected chi connectivity index (χ0v) is 14.5. The van der Waals surface area contributed by atoms with Crippen LogP contribution in [0.25, 0.3) is 0 Å². The molecule has 0 heterocycles. The number of ketones is 1. The highest BCUT2D eigenvalue weighted by Crippen LogP contribution is 2.45. The number of hydrogen-bond acceptors (Lipinski definition) is 4. The van der Waals surface area contributed by atoms with Gasteiger partial charge in [0.15, 0.2) is 0 Å². The van der Waals surface area contributed by atoms with Gasteiger partial charge in [0.2, 0.25) is 0 Å². The van der Waals surface area contributed by atoms with Gasteiger partial charge in [0.1, 0.15) is 5.78 Å². The normalized spacial score (nSPS) is 31.7. The molecule has 3 rings (SSSR count). The second kappa shape index (κ2) is 6.36. The fourth-order valence-corrected chi connectivity index (χ4v) is 5.25. The van der Waals surface area contributed by atoms with Gasteiger partial charge in [0.25, 0.3) is 10.1 Å². The van der Waals surface area contributed by atoms with E-state index in [9.17, 15) is 13.2 Å². The van der Waals surface area contributed by atoms with Crippen LogP contribution >= 0.6 is 0 Å². The van der Waals surface area contributed by atoms with Crippen LogP contribution in [0.3, 0.4) is 0 Å². The van der Waals surface area contributed by atoms with Crippen molar-refractivity contribution < 1.29 is 17.4 Å². The minimum absolute atomic E-state index is 0.0225. The molecule has 4 atom stereocenters. The molecular formula is C18H24O4S. The van der Waals surface area contributed by atoms with Crippen molar-refractivity contribution in [1.82, 2.24) is 0 Å². The molecule has 0 unspecified atom stereocenters. The lowest BCUT2D eigenvalue weighted by Gasteiger charge is -2.28. The summed E-state index contributed by atoms with van der Waals surface area (Å²) in [4.78, 5) is 12.5. The van der Waals surface area contributed by atoms with Crippen LogP contribution in [-0.2, 0) is 19.1 Å². The van der Waals surface area contributed by atoms with E-state index in [1.807, 2.05) is 6.92 Å². The van der Waals surface area contributed by atoms with Crippen molar-refractivity contribution in [2.24, 2.45) is 17.8 Å². The highest BCUT2D eigenvalue weighted by Gasteiger charge is 2.45. The van der Waals surface area contributed by atoms with Crippen LogP contribution < -0.4 is 0 Å². The average molecular weight is 336 g/mol. The number of carbonyl (C=O) groups is 1. The van der Waals surface area contributed by atoms with E-state index in [1.165, 1.54) is 0 Å². The molecule has 2 fully saturated rings. The van der Waals surface area contributed by atoms with E-state index >= 15 is 0 Å². The largest absolute Gasteiger partial charge is 0.299 e. The van der Waals surface area contributed by atoms with Gasteiger partial charge in [-0.2, -0.15) is 8.42 Å². The maximum absolute atomic E-state index is 12.6. The molecule has 0 saturated heterocycles. The standard InChI is InChI=1S/C18H24O4S/c1-12-6-9-14(10-7-12)23(20,21)22-17-5-3-4-16(19)15-11-8-13(2)18(15)17/h6-7,9-10,13,15,17-18H,3-5,8,11H2,1-2H3/t13-,15+,17-,18-/m1/s1. The van der Waals surface area contributed by atoms with Crippen molar-refractivity contribution in [2.75, 3.05) is 0 Å². The summed E-state index contributed by atoms with van der Waals surface area (Å²) in [6.45, 7) is 4.02. The van der Waals surface area contributed by atoms with Crippen molar-refractivity contribution in [3.63, 3.8) is 0 Å². The molecule has 0 N–H and O–H groups in total. The van der Waals surface area contributed by atoms with E-state index in [4.69, 9.17) is 4.18 Å². The van der Waals surface area contributed by atoms with Gasteiger partial charge in [-0.25, -0.2) is 0 Å². The molecular weight excluding hydrogens is 312 g/mol. The van der Waals surface area contributed by atoms with Gasteiger partial charge < -0.3 is 0 Å². The molecule has 0 radical (unpaired) electrons. The molecule has 0 aliphatic heterocycles. The molecule has 0 amide bonds. The van der Waals surface area contributed by atoms with Crippen LogP contribution in [0, 0.1) is 24.7 Å². The highest BCUT2D eigenvalue weighted by atomic mass is 32.2. The smallest absolute Gasteiger partial charge is 0.297 e. The van der Waals surface area contributed by atoms with Crippen LogP contribution in [0.4, 0.5) is 0 Å². The van der Waals surface area contributed by atoms with Crippen LogP contribution in [-0.4, -0.2) is 20.3 Å². The summed E-state index contributed by atoms with van der Waals surface area (Å²) in [6, 6.07) is 6.71. The Kier molecular flexibility index (Phi) is 4.61. The lowest BCUT2D eigenvalue weighted by atomic mass is 9.84. The zero-order valence-electron chi connectivity index (χ0n) is 13.7. The van der Waals surface area contributed by atoms with E-state index in [0.29, 0.717) is 25.2 Å². The summed E-state index contributed by atoms with van der Waals surface area (Å²) in [5.41, 5.74) is 1.01. The maximum atomic E-state index is 12.6. The average Bonchev–Trinajstić information content (AvgIpc) is 2.80. The topological polar surface area (TPSA) is 60.4 Å². The molecule has 1 aromatic carbocycles. The van der Waals surface area contributed by atoms with E-state index in [-0.39, 0.29) is 28.6 Å².